The van der Waals surface area contributed by atoms with Crippen molar-refractivity contribution in [1.82, 2.24) is 15.2 Å². The number of benzene rings is 2. The summed E-state index contributed by atoms with van der Waals surface area (Å²) in [4.78, 5) is 43.6. The Balaban J connectivity index is 1.38. The van der Waals surface area contributed by atoms with E-state index in [4.69, 9.17) is 0 Å². The third kappa shape index (κ3) is 2.66. The molecule has 7 heteroatoms. The zero-order chi connectivity index (χ0) is 20.0. The van der Waals surface area contributed by atoms with Crippen LogP contribution in [-0.2, 0) is 21.5 Å². The van der Waals surface area contributed by atoms with Gasteiger partial charge in [0.05, 0.1) is 11.2 Å². The maximum absolute atomic E-state index is 13.2. The molecule has 2 N–H and O–H groups in total. The maximum atomic E-state index is 13.2. The number of aryl methyl sites for hydroxylation is 1. The smallest absolute Gasteiger partial charge is 0.324 e. The SMILES string of the molecule is O=C(CN1C(=O)N[C@]2(CCc3ccccc32)C1=O)Nc1cccc2ncccc12. The molecule has 1 fully saturated rings. The van der Waals surface area contributed by atoms with Crippen LogP contribution in [0.15, 0.2) is 60.8 Å². The summed E-state index contributed by atoms with van der Waals surface area (Å²) in [7, 11) is 0. The largest absolute Gasteiger partial charge is 0.325 e. The molecule has 3 aromatic rings. The molecule has 144 valence electrons. The van der Waals surface area contributed by atoms with Crippen LogP contribution in [0.1, 0.15) is 17.5 Å². The quantitative estimate of drug-likeness (QED) is 0.677. The number of nitrogens with one attached hydrogen (secondary N) is 2. The highest BCUT2D eigenvalue weighted by Crippen LogP contribution is 2.41. The number of nitrogens with zero attached hydrogens (tertiary/aromatic N) is 2. The number of anilines is 1. The van der Waals surface area contributed by atoms with Gasteiger partial charge < -0.3 is 10.6 Å². The van der Waals surface area contributed by atoms with Gasteiger partial charge in [-0.25, -0.2) is 4.79 Å². The summed E-state index contributed by atoms with van der Waals surface area (Å²) in [6.45, 7) is -0.342. The molecule has 1 saturated heterocycles. The Bertz CT molecular complexity index is 1170. The third-order valence-corrected chi connectivity index (χ3v) is 5.64. The highest BCUT2D eigenvalue weighted by molar-refractivity contribution is 6.11. The minimum atomic E-state index is -1.06. The average Bonchev–Trinajstić information content (AvgIpc) is 3.22. The monoisotopic (exact) mass is 386 g/mol. The van der Waals surface area contributed by atoms with Crippen molar-refractivity contribution in [3.8, 4) is 0 Å². The molecule has 2 aromatic carbocycles. The normalized spacial score (nSPS) is 20.2. The summed E-state index contributed by atoms with van der Waals surface area (Å²) >= 11 is 0. The van der Waals surface area contributed by atoms with Gasteiger partial charge in [0.25, 0.3) is 5.91 Å². The van der Waals surface area contributed by atoms with Crippen molar-refractivity contribution in [2.24, 2.45) is 0 Å². The van der Waals surface area contributed by atoms with E-state index in [1.54, 1.807) is 24.4 Å². The van der Waals surface area contributed by atoms with Gasteiger partial charge in [-0.3, -0.25) is 19.5 Å². The molecule has 29 heavy (non-hydrogen) atoms. The van der Waals surface area contributed by atoms with Crippen molar-refractivity contribution >= 4 is 34.4 Å². The molecule has 2 aliphatic rings. The van der Waals surface area contributed by atoms with E-state index in [1.165, 1.54) is 0 Å². The fourth-order valence-corrected chi connectivity index (χ4v) is 4.28. The highest BCUT2D eigenvalue weighted by Gasteiger charge is 2.55. The van der Waals surface area contributed by atoms with Crippen LogP contribution < -0.4 is 10.6 Å². The van der Waals surface area contributed by atoms with Crippen molar-refractivity contribution in [1.29, 1.82) is 0 Å². The Morgan fingerprint density at radius 2 is 1.97 bits per heavy atom. The van der Waals surface area contributed by atoms with Gasteiger partial charge in [-0.05, 0) is 48.2 Å². The third-order valence-electron chi connectivity index (χ3n) is 5.64. The van der Waals surface area contributed by atoms with Crippen molar-refractivity contribution in [2.75, 3.05) is 11.9 Å². The molecular weight excluding hydrogens is 368 g/mol. The zero-order valence-electron chi connectivity index (χ0n) is 15.5. The van der Waals surface area contributed by atoms with Crippen molar-refractivity contribution in [3.63, 3.8) is 0 Å². The van der Waals surface area contributed by atoms with E-state index in [0.717, 1.165) is 26.9 Å². The maximum Gasteiger partial charge on any atom is 0.325 e. The van der Waals surface area contributed by atoms with Crippen molar-refractivity contribution < 1.29 is 14.4 Å². The summed E-state index contributed by atoms with van der Waals surface area (Å²) in [6.07, 6.45) is 2.90. The summed E-state index contributed by atoms with van der Waals surface area (Å²) in [5.41, 5.74) is 2.16. The minimum Gasteiger partial charge on any atom is -0.324 e. The number of carbonyl (C=O) groups excluding carboxylic acids is 3. The van der Waals surface area contributed by atoms with Crippen LogP contribution in [-0.4, -0.2) is 34.3 Å². The minimum absolute atomic E-state index is 0.342. The summed E-state index contributed by atoms with van der Waals surface area (Å²) < 4.78 is 0. The Morgan fingerprint density at radius 1 is 1.10 bits per heavy atom. The first-order chi connectivity index (χ1) is 14.1. The molecule has 7 nitrogen and oxygen atoms in total. The first-order valence-corrected chi connectivity index (χ1v) is 9.44. The predicted molar refractivity (Wildman–Crippen MR) is 107 cm³/mol. The predicted octanol–water partition coefficient (Wildman–Crippen LogP) is 2.57. The van der Waals surface area contributed by atoms with Gasteiger partial charge >= 0.3 is 6.03 Å². The van der Waals surface area contributed by atoms with Crippen LogP contribution >= 0.6 is 0 Å². The van der Waals surface area contributed by atoms with E-state index < -0.39 is 17.5 Å². The van der Waals surface area contributed by atoms with Gasteiger partial charge in [0.1, 0.15) is 12.1 Å². The fourth-order valence-electron chi connectivity index (χ4n) is 4.28. The van der Waals surface area contributed by atoms with Gasteiger partial charge in [-0.2, -0.15) is 0 Å². The molecule has 5 rings (SSSR count). The average molecular weight is 386 g/mol. The number of amides is 4. The van der Waals surface area contributed by atoms with Crippen LogP contribution in [0.25, 0.3) is 10.9 Å². The Morgan fingerprint density at radius 3 is 2.86 bits per heavy atom. The van der Waals surface area contributed by atoms with Gasteiger partial charge in [0.2, 0.25) is 5.91 Å². The Labute approximate surface area is 166 Å². The number of hydrogen-bond donors (Lipinski definition) is 2. The van der Waals surface area contributed by atoms with E-state index in [9.17, 15) is 14.4 Å². The number of hydrogen-bond acceptors (Lipinski definition) is 4. The zero-order valence-corrected chi connectivity index (χ0v) is 15.5. The standard InChI is InChI=1S/C22H18N4O3/c27-19(24-18-9-3-8-17-15(18)6-4-12-23-17)13-26-20(28)22(25-21(26)29)11-10-14-5-1-2-7-16(14)22/h1-9,12H,10-11,13H2,(H,24,27)(H,25,29)/t22-/m0/s1. The van der Waals surface area contributed by atoms with Crippen LogP contribution in [0.5, 0.6) is 0 Å². The molecule has 0 unspecified atom stereocenters. The number of pyridine rings is 1. The number of rotatable bonds is 3. The lowest BCUT2D eigenvalue weighted by molar-refractivity contribution is -0.134. The molecule has 0 saturated carbocycles. The lowest BCUT2D eigenvalue weighted by Crippen LogP contribution is -2.43. The lowest BCUT2D eigenvalue weighted by atomic mass is 9.92. The summed E-state index contributed by atoms with van der Waals surface area (Å²) in [6, 6.07) is 16.1. The number of imide groups is 1. The van der Waals surface area contributed by atoms with Crippen LogP contribution in [0.4, 0.5) is 10.5 Å². The van der Waals surface area contributed by atoms with E-state index in [-0.39, 0.29) is 12.5 Å². The topological polar surface area (TPSA) is 91.4 Å². The molecule has 2 heterocycles. The van der Waals surface area contributed by atoms with Crippen LogP contribution in [0.2, 0.25) is 0 Å². The molecule has 4 amide bonds. The van der Waals surface area contributed by atoms with E-state index in [1.807, 2.05) is 36.4 Å². The second-order valence-electron chi connectivity index (χ2n) is 7.31. The molecule has 1 aromatic heterocycles. The van der Waals surface area contributed by atoms with E-state index in [2.05, 4.69) is 15.6 Å². The van der Waals surface area contributed by atoms with Crippen LogP contribution in [0.3, 0.4) is 0 Å². The second-order valence-corrected chi connectivity index (χ2v) is 7.31. The molecule has 1 spiro atoms. The number of carbonyl (C=O) groups is 3. The van der Waals surface area contributed by atoms with Gasteiger partial charge in [-0.15, -0.1) is 0 Å². The van der Waals surface area contributed by atoms with Gasteiger partial charge in [0.15, 0.2) is 0 Å². The molecule has 0 bridgehead atoms. The Kier molecular flexibility index (Phi) is 3.84. The van der Waals surface area contributed by atoms with Gasteiger partial charge in [-0.1, -0.05) is 30.3 Å². The van der Waals surface area contributed by atoms with Crippen molar-refractivity contribution in [2.45, 2.75) is 18.4 Å². The molecular formula is C22H18N4O3. The molecule has 1 aliphatic heterocycles. The molecule has 1 atom stereocenters. The first-order valence-electron chi connectivity index (χ1n) is 9.44. The lowest BCUT2D eigenvalue weighted by Gasteiger charge is -2.22. The number of aromatic nitrogens is 1. The fraction of sp³-hybridized carbons (Fsp3) is 0.182. The van der Waals surface area contributed by atoms with Crippen LogP contribution in [0, 0.1) is 0 Å². The van der Waals surface area contributed by atoms with E-state index >= 15 is 0 Å². The Hall–Kier alpha value is -3.74. The van der Waals surface area contributed by atoms with Crippen molar-refractivity contribution in [3.05, 3.63) is 71.9 Å². The second kappa shape index (κ2) is 6.41. The molecule has 0 radical (unpaired) electrons. The van der Waals surface area contributed by atoms with Gasteiger partial charge in [0, 0.05) is 11.6 Å². The number of fused-ring (bicyclic) bond motifs is 3. The summed E-state index contributed by atoms with van der Waals surface area (Å²) in [5, 5.41) is 6.42. The first kappa shape index (κ1) is 17.4. The highest BCUT2D eigenvalue weighted by atomic mass is 16.2. The number of urea groups is 1. The molecule has 1 aliphatic carbocycles. The summed E-state index contributed by atoms with van der Waals surface area (Å²) in [5.74, 6) is -0.810. The van der Waals surface area contributed by atoms with E-state index in [0.29, 0.717) is 18.5 Å².